The van der Waals surface area contributed by atoms with Crippen LogP contribution in [0.3, 0.4) is 0 Å². The van der Waals surface area contributed by atoms with Crippen molar-refractivity contribution in [1.29, 1.82) is 0 Å². The molecule has 0 N–H and O–H groups in total. The summed E-state index contributed by atoms with van der Waals surface area (Å²) in [5, 5.41) is 0.269. The first kappa shape index (κ1) is 23.1. The van der Waals surface area contributed by atoms with E-state index in [1.165, 1.54) is 38.5 Å². The van der Waals surface area contributed by atoms with Crippen molar-refractivity contribution in [3.05, 3.63) is 46.4 Å². The second kappa shape index (κ2) is 9.56. The highest BCUT2D eigenvalue weighted by atomic mass is 35.5. The molecule has 0 heterocycles. The molecule has 0 aliphatic heterocycles. The second-order valence-corrected chi connectivity index (χ2v) is 8.84. The molecular formula is C19H21Cl2NO6S. The molecule has 0 unspecified atom stereocenters. The summed E-state index contributed by atoms with van der Waals surface area (Å²) in [6, 6.07) is 8.49. The maximum atomic E-state index is 13.4. The van der Waals surface area contributed by atoms with Gasteiger partial charge in [-0.25, -0.2) is 8.42 Å². The molecule has 0 saturated carbocycles. The van der Waals surface area contributed by atoms with Crippen LogP contribution >= 0.6 is 23.2 Å². The van der Waals surface area contributed by atoms with E-state index in [1.54, 1.807) is 26.0 Å². The van der Waals surface area contributed by atoms with Crippen molar-refractivity contribution in [2.24, 2.45) is 0 Å². The number of carbonyl (C=O) groups excluding carboxylic acids is 1. The Hall–Kier alpha value is -2.16. The molecule has 2 aromatic rings. The molecule has 0 radical (unpaired) electrons. The summed E-state index contributed by atoms with van der Waals surface area (Å²) in [5.41, 5.74) is 0.110. The van der Waals surface area contributed by atoms with Gasteiger partial charge in [-0.3, -0.25) is 9.10 Å². The smallest absolute Gasteiger partial charge is 0.327 e. The van der Waals surface area contributed by atoms with Crippen LogP contribution in [0.4, 0.5) is 5.69 Å². The monoisotopic (exact) mass is 461 g/mol. The van der Waals surface area contributed by atoms with Gasteiger partial charge < -0.3 is 14.2 Å². The topological polar surface area (TPSA) is 82.1 Å². The maximum Gasteiger partial charge on any atom is 0.327 e. The van der Waals surface area contributed by atoms with Gasteiger partial charge >= 0.3 is 5.97 Å². The van der Waals surface area contributed by atoms with Crippen LogP contribution in [-0.2, 0) is 19.6 Å². The number of benzene rings is 2. The van der Waals surface area contributed by atoms with Gasteiger partial charge in [0.05, 0.1) is 41.0 Å². The Bertz CT molecular complexity index is 994. The van der Waals surface area contributed by atoms with E-state index in [1.807, 2.05) is 0 Å². The molecule has 29 heavy (non-hydrogen) atoms. The molecule has 10 heteroatoms. The molecule has 0 fully saturated rings. The Labute approximate surface area is 180 Å². The molecule has 0 aromatic heterocycles. The van der Waals surface area contributed by atoms with E-state index in [0.29, 0.717) is 5.75 Å². The third kappa shape index (κ3) is 5.46. The third-order valence-electron chi connectivity index (χ3n) is 3.77. The van der Waals surface area contributed by atoms with E-state index in [4.69, 9.17) is 37.4 Å². The van der Waals surface area contributed by atoms with Crippen LogP contribution in [0.1, 0.15) is 13.8 Å². The predicted molar refractivity (Wildman–Crippen MR) is 112 cm³/mol. The number of sulfonamides is 1. The van der Waals surface area contributed by atoms with E-state index >= 15 is 0 Å². The first-order valence-electron chi connectivity index (χ1n) is 8.49. The summed E-state index contributed by atoms with van der Waals surface area (Å²) >= 11 is 11.9. The van der Waals surface area contributed by atoms with Crippen LogP contribution in [0.2, 0.25) is 10.0 Å². The lowest BCUT2D eigenvalue weighted by Gasteiger charge is -2.26. The largest absolute Gasteiger partial charge is 0.497 e. The molecule has 2 rings (SSSR count). The van der Waals surface area contributed by atoms with Crippen molar-refractivity contribution in [3.63, 3.8) is 0 Å². The van der Waals surface area contributed by atoms with Crippen LogP contribution in [-0.4, -0.2) is 41.3 Å². The van der Waals surface area contributed by atoms with Crippen molar-refractivity contribution in [2.45, 2.75) is 24.8 Å². The van der Waals surface area contributed by atoms with Crippen molar-refractivity contribution in [3.8, 4) is 11.5 Å². The number of nitrogens with zero attached hydrogens (tertiary/aromatic N) is 1. The fourth-order valence-electron chi connectivity index (χ4n) is 2.47. The van der Waals surface area contributed by atoms with E-state index in [2.05, 4.69) is 0 Å². The van der Waals surface area contributed by atoms with Crippen LogP contribution < -0.4 is 13.8 Å². The Morgan fingerprint density at radius 2 is 1.72 bits per heavy atom. The number of anilines is 1. The molecule has 0 amide bonds. The summed E-state index contributed by atoms with van der Waals surface area (Å²) in [6.07, 6.45) is -0.413. The number of methoxy groups -OCH3 is 2. The van der Waals surface area contributed by atoms with Crippen LogP contribution in [0, 0.1) is 0 Å². The summed E-state index contributed by atoms with van der Waals surface area (Å²) in [7, 11) is -1.40. The van der Waals surface area contributed by atoms with Gasteiger partial charge in [0.1, 0.15) is 18.0 Å². The fourth-order valence-corrected chi connectivity index (χ4v) is 4.27. The zero-order valence-electron chi connectivity index (χ0n) is 16.3. The van der Waals surface area contributed by atoms with Crippen LogP contribution in [0.25, 0.3) is 0 Å². The maximum absolute atomic E-state index is 13.4. The molecule has 2 aromatic carbocycles. The van der Waals surface area contributed by atoms with E-state index < -0.39 is 28.6 Å². The van der Waals surface area contributed by atoms with Crippen LogP contribution in [0.5, 0.6) is 11.5 Å². The third-order valence-corrected chi connectivity index (χ3v) is 6.27. The lowest BCUT2D eigenvalue weighted by Crippen LogP contribution is -2.37. The Morgan fingerprint density at radius 1 is 1.03 bits per heavy atom. The second-order valence-electron chi connectivity index (χ2n) is 6.16. The van der Waals surface area contributed by atoms with Crippen molar-refractivity contribution in [1.82, 2.24) is 0 Å². The zero-order valence-corrected chi connectivity index (χ0v) is 18.6. The Kier molecular flexibility index (Phi) is 7.62. The van der Waals surface area contributed by atoms with E-state index in [-0.39, 0.29) is 26.4 Å². The van der Waals surface area contributed by atoms with Gasteiger partial charge in [-0.1, -0.05) is 23.2 Å². The minimum absolute atomic E-state index is 0.0649. The first-order chi connectivity index (χ1) is 13.6. The summed E-state index contributed by atoms with van der Waals surface area (Å²) in [4.78, 5) is 12.2. The molecule has 0 aliphatic carbocycles. The van der Waals surface area contributed by atoms with Crippen molar-refractivity contribution >= 4 is 44.9 Å². The standard InChI is InChI=1S/C19H21Cl2NO6S/c1-12(2)28-19(23)11-22(17-9-13(26-3)5-8-18(17)27-4)29(24,25)14-6-7-15(20)16(21)10-14/h5-10,12H,11H2,1-4H3. The molecule has 0 atom stereocenters. The number of hydrogen-bond acceptors (Lipinski definition) is 6. The molecule has 0 spiro atoms. The van der Waals surface area contributed by atoms with E-state index in [9.17, 15) is 13.2 Å². The minimum Gasteiger partial charge on any atom is -0.497 e. The van der Waals surface area contributed by atoms with Gasteiger partial charge in [-0.05, 0) is 44.2 Å². The average Bonchev–Trinajstić information content (AvgIpc) is 2.66. The fraction of sp³-hybridized carbons (Fsp3) is 0.316. The molecular weight excluding hydrogens is 441 g/mol. The minimum atomic E-state index is -4.23. The van der Waals surface area contributed by atoms with E-state index in [0.717, 1.165) is 4.31 Å². The molecule has 0 bridgehead atoms. The highest BCUT2D eigenvalue weighted by Gasteiger charge is 2.31. The normalized spacial score (nSPS) is 11.3. The van der Waals surface area contributed by atoms with Crippen molar-refractivity contribution < 1.29 is 27.4 Å². The predicted octanol–water partition coefficient (Wildman–Crippen LogP) is 4.16. The van der Waals surface area contributed by atoms with Gasteiger partial charge in [0.15, 0.2) is 0 Å². The summed E-state index contributed by atoms with van der Waals surface area (Å²) in [6.45, 7) is 2.76. The SMILES string of the molecule is COc1ccc(OC)c(N(CC(=O)OC(C)C)S(=O)(=O)c2ccc(Cl)c(Cl)c2)c1. The van der Waals surface area contributed by atoms with Crippen molar-refractivity contribution in [2.75, 3.05) is 25.1 Å². The summed E-state index contributed by atoms with van der Waals surface area (Å²) in [5.74, 6) is -0.118. The number of rotatable bonds is 8. The Morgan fingerprint density at radius 3 is 2.28 bits per heavy atom. The van der Waals surface area contributed by atoms with Gasteiger partial charge in [0.2, 0.25) is 0 Å². The quantitative estimate of drug-likeness (QED) is 0.548. The van der Waals surface area contributed by atoms with Gasteiger partial charge in [0, 0.05) is 6.07 Å². The number of hydrogen-bond donors (Lipinski definition) is 0. The highest BCUT2D eigenvalue weighted by Crippen LogP contribution is 2.36. The lowest BCUT2D eigenvalue weighted by molar-refractivity contribution is -0.145. The van der Waals surface area contributed by atoms with Crippen LogP contribution in [0.15, 0.2) is 41.3 Å². The first-order valence-corrected chi connectivity index (χ1v) is 10.7. The molecule has 158 valence electrons. The number of halogens is 2. The molecule has 0 aliphatic rings. The Balaban J connectivity index is 2.64. The number of carbonyl (C=O) groups is 1. The summed E-state index contributed by atoms with van der Waals surface area (Å²) < 4.78 is 43.3. The number of esters is 1. The van der Waals surface area contributed by atoms with Gasteiger partial charge in [-0.15, -0.1) is 0 Å². The number of ether oxygens (including phenoxy) is 3. The molecule has 7 nitrogen and oxygen atoms in total. The van der Waals surface area contributed by atoms with Gasteiger partial charge in [0.25, 0.3) is 10.0 Å². The lowest BCUT2D eigenvalue weighted by atomic mass is 10.2. The van der Waals surface area contributed by atoms with Gasteiger partial charge in [-0.2, -0.15) is 0 Å². The molecule has 0 saturated heterocycles. The average molecular weight is 462 g/mol. The zero-order chi connectivity index (χ0) is 21.8. The highest BCUT2D eigenvalue weighted by molar-refractivity contribution is 7.92.